The maximum absolute atomic E-state index is 11.8. The van der Waals surface area contributed by atoms with Crippen LogP contribution in [0, 0.1) is 0 Å². The number of hydrogen-bond donors (Lipinski definition) is 1. The number of amidine groups is 1. The minimum atomic E-state index is -3.55. The first kappa shape index (κ1) is 11.0. The molecule has 1 aliphatic heterocycles. The number of rotatable bonds is 1. The van der Waals surface area contributed by atoms with Crippen molar-refractivity contribution in [3.8, 4) is 0 Å². The number of nitrogens with one attached hydrogen (secondary N) is 1. The molecule has 2 aromatic rings. The molecule has 0 fully saturated rings. The summed E-state index contributed by atoms with van der Waals surface area (Å²) in [5, 5.41) is 3.02. The fraction of sp³-hybridized carbons (Fsp3) is 0. The highest BCUT2D eigenvalue weighted by Gasteiger charge is 2.28. The molecule has 0 aromatic heterocycles. The number of nitrogens with zero attached hydrogens (tertiary/aromatic N) is 1. The van der Waals surface area contributed by atoms with E-state index < -0.39 is 10.0 Å². The summed E-state index contributed by atoms with van der Waals surface area (Å²) in [4.78, 5) is 0.253. The molecule has 0 aliphatic carbocycles. The van der Waals surface area contributed by atoms with Crippen molar-refractivity contribution in [1.82, 2.24) is 0 Å². The van der Waals surface area contributed by atoms with E-state index in [-0.39, 0.29) is 4.90 Å². The highest BCUT2D eigenvalue weighted by atomic mass is 32.2. The Morgan fingerprint density at radius 1 is 0.889 bits per heavy atom. The van der Waals surface area contributed by atoms with Gasteiger partial charge in [0.05, 0.1) is 0 Å². The Balaban J connectivity index is 2.05. The third-order valence-electron chi connectivity index (χ3n) is 2.67. The molecule has 2 aromatic carbocycles. The predicted octanol–water partition coefficient (Wildman–Crippen LogP) is 2.25. The van der Waals surface area contributed by atoms with Crippen LogP contribution < -0.4 is 5.32 Å². The Kier molecular flexibility index (Phi) is 2.41. The fourth-order valence-corrected chi connectivity index (χ4v) is 3.03. The van der Waals surface area contributed by atoms with Gasteiger partial charge in [-0.3, -0.25) is 0 Å². The Labute approximate surface area is 105 Å². The van der Waals surface area contributed by atoms with E-state index in [9.17, 15) is 8.42 Å². The van der Waals surface area contributed by atoms with Crippen molar-refractivity contribution in [3.05, 3.63) is 60.2 Å². The highest BCUT2D eigenvalue weighted by Crippen LogP contribution is 2.26. The zero-order chi connectivity index (χ0) is 12.6. The van der Waals surface area contributed by atoms with Crippen LogP contribution in [0.1, 0.15) is 5.56 Å². The normalized spacial score (nSPS) is 15.9. The molecule has 3 rings (SSSR count). The van der Waals surface area contributed by atoms with Gasteiger partial charge in [0.1, 0.15) is 4.90 Å². The van der Waals surface area contributed by atoms with Gasteiger partial charge in [-0.05, 0) is 24.3 Å². The molecule has 0 spiro atoms. The fourth-order valence-electron chi connectivity index (χ4n) is 1.85. The maximum atomic E-state index is 11.8. The molecule has 0 unspecified atom stereocenters. The van der Waals surface area contributed by atoms with Gasteiger partial charge in [-0.15, -0.1) is 4.40 Å². The molecule has 0 saturated heterocycles. The van der Waals surface area contributed by atoms with Crippen LogP contribution in [0.15, 0.2) is 63.9 Å². The minimum absolute atomic E-state index is 0.253. The quantitative estimate of drug-likeness (QED) is 0.853. The molecular formula is C13H10N2O2S. The second-order valence-electron chi connectivity index (χ2n) is 3.90. The van der Waals surface area contributed by atoms with Crippen molar-refractivity contribution in [2.75, 3.05) is 5.32 Å². The van der Waals surface area contributed by atoms with Crippen molar-refractivity contribution < 1.29 is 8.42 Å². The molecule has 0 amide bonds. The Morgan fingerprint density at radius 2 is 1.56 bits per heavy atom. The molecule has 5 heteroatoms. The molecule has 18 heavy (non-hydrogen) atoms. The third kappa shape index (κ3) is 1.78. The predicted molar refractivity (Wildman–Crippen MR) is 70.2 cm³/mol. The molecule has 0 radical (unpaired) electrons. The van der Waals surface area contributed by atoms with Gasteiger partial charge < -0.3 is 5.32 Å². The number of anilines is 1. The molecule has 90 valence electrons. The van der Waals surface area contributed by atoms with Crippen LogP contribution in [0.5, 0.6) is 0 Å². The van der Waals surface area contributed by atoms with Crippen LogP contribution in [-0.4, -0.2) is 14.3 Å². The van der Waals surface area contributed by atoms with Crippen molar-refractivity contribution >= 4 is 21.5 Å². The van der Waals surface area contributed by atoms with Gasteiger partial charge >= 0.3 is 0 Å². The Morgan fingerprint density at radius 3 is 2.33 bits per heavy atom. The highest BCUT2D eigenvalue weighted by molar-refractivity contribution is 7.90. The van der Waals surface area contributed by atoms with E-state index >= 15 is 0 Å². The number of fused-ring (bicyclic) bond motifs is 1. The topological polar surface area (TPSA) is 58.5 Å². The largest absolute Gasteiger partial charge is 0.339 e. The second-order valence-corrected chi connectivity index (χ2v) is 5.47. The average molecular weight is 258 g/mol. The molecule has 1 heterocycles. The van der Waals surface area contributed by atoms with E-state index in [2.05, 4.69) is 9.71 Å². The molecule has 0 saturated carbocycles. The average Bonchev–Trinajstić information content (AvgIpc) is 2.63. The smallest absolute Gasteiger partial charge is 0.285 e. The van der Waals surface area contributed by atoms with Gasteiger partial charge in [0.15, 0.2) is 5.84 Å². The lowest BCUT2D eigenvalue weighted by Gasteiger charge is -2.05. The van der Waals surface area contributed by atoms with Crippen LogP contribution in [0.4, 0.5) is 5.69 Å². The molecule has 4 nitrogen and oxygen atoms in total. The molecule has 1 aliphatic rings. The summed E-state index contributed by atoms with van der Waals surface area (Å²) >= 11 is 0. The number of sulfonamides is 1. The lowest BCUT2D eigenvalue weighted by molar-refractivity contribution is 0.599. The van der Waals surface area contributed by atoms with Crippen LogP contribution >= 0.6 is 0 Å². The minimum Gasteiger partial charge on any atom is -0.339 e. The Bertz CT molecular complexity index is 722. The first-order valence-electron chi connectivity index (χ1n) is 5.43. The van der Waals surface area contributed by atoms with Crippen LogP contribution in [0.2, 0.25) is 0 Å². The van der Waals surface area contributed by atoms with Gasteiger partial charge in [-0.2, -0.15) is 8.42 Å². The monoisotopic (exact) mass is 258 g/mol. The van der Waals surface area contributed by atoms with E-state index in [1.54, 1.807) is 24.3 Å². The third-order valence-corrected chi connectivity index (χ3v) is 4.00. The molecule has 1 N–H and O–H groups in total. The van der Waals surface area contributed by atoms with Gasteiger partial charge in [0.25, 0.3) is 10.0 Å². The van der Waals surface area contributed by atoms with Gasteiger partial charge in [0, 0.05) is 11.3 Å². The maximum Gasteiger partial charge on any atom is 0.285 e. The first-order valence-corrected chi connectivity index (χ1v) is 6.87. The van der Waals surface area contributed by atoms with Gasteiger partial charge in [0.2, 0.25) is 0 Å². The summed E-state index contributed by atoms with van der Waals surface area (Å²) < 4.78 is 27.4. The van der Waals surface area contributed by atoms with E-state index in [1.165, 1.54) is 0 Å². The zero-order valence-corrected chi connectivity index (χ0v) is 10.2. The molecular weight excluding hydrogens is 248 g/mol. The van der Waals surface area contributed by atoms with Crippen molar-refractivity contribution in [3.63, 3.8) is 0 Å². The van der Waals surface area contributed by atoms with Crippen LogP contribution in [-0.2, 0) is 10.0 Å². The Hall–Kier alpha value is -2.14. The van der Waals surface area contributed by atoms with E-state index in [1.807, 2.05) is 30.3 Å². The van der Waals surface area contributed by atoms with Gasteiger partial charge in [-0.1, -0.05) is 30.3 Å². The summed E-state index contributed by atoms with van der Waals surface area (Å²) in [5.74, 6) is 0.372. The number of para-hydroxylation sites is 1. The number of hydrogen-bond acceptors (Lipinski definition) is 3. The lowest BCUT2D eigenvalue weighted by Crippen LogP contribution is -2.10. The van der Waals surface area contributed by atoms with E-state index in [0.717, 1.165) is 5.69 Å². The van der Waals surface area contributed by atoms with Gasteiger partial charge in [-0.25, -0.2) is 0 Å². The van der Waals surface area contributed by atoms with Crippen molar-refractivity contribution in [2.45, 2.75) is 4.90 Å². The van der Waals surface area contributed by atoms with Crippen molar-refractivity contribution in [2.24, 2.45) is 4.40 Å². The molecule has 0 atom stereocenters. The molecule has 0 bridgehead atoms. The summed E-state index contributed by atoms with van der Waals surface area (Å²) in [5.41, 5.74) is 1.42. The first-order chi connectivity index (χ1) is 8.67. The second kappa shape index (κ2) is 3.96. The summed E-state index contributed by atoms with van der Waals surface area (Å²) in [6, 6.07) is 16.1. The SMILES string of the molecule is O=S1(=O)N=C(Nc2ccccc2)c2ccccc21. The van der Waals surface area contributed by atoms with E-state index in [0.29, 0.717) is 11.4 Å². The summed E-state index contributed by atoms with van der Waals surface area (Å²) in [6.07, 6.45) is 0. The van der Waals surface area contributed by atoms with E-state index in [4.69, 9.17) is 0 Å². The zero-order valence-electron chi connectivity index (χ0n) is 9.37. The summed E-state index contributed by atoms with van der Waals surface area (Å²) in [6.45, 7) is 0. The number of benzene rings is 2. The summed E-state index contributed by atoms with van der Waals surface area (Å²) in [7, 11) is -3.55. The van der Waals surface area contributed by atoms with Crippen LogP contribution in [0.25, 0.3) is 0 Å². The standard InChI is InChI=1S/C13H10N2O2S/c16-18(17)12-9-5-4-8-11(12)13(15-18)14-10-6-2-1-3-7-10/h1-9H,(H,14,15). The van der Waals surface area contributed by atoms with Crippen LogP contribution in [0.3, 0.4) is 0 Å². The lowest BCUT2D eigenvalue weighted by atomic mass is 10.2. The van der Waals surface area contributed by atoms with Crippen molar-refractivity contribution in [1.29, 1.82) is 0 Å².